The van der Waals surface area contributed by atoms with E-state index < -0.39 is 0 Å². The molecule has 102 valence electrons. The first-order valence-electron chi connectivity index (χ1n) is 6.39. The van der Waals surface area contributed by atoms with Crippen LogP contribution >= 0.6 is 15.9 Å². The van der Waals surface area contributed by atoms with Gasteiger partial charge in [0.2, 0.25) is 0 Å². The zero-order valence-electron chi connectivity index (χ0n) is 11.9. The summed E-state index contributed by atoms with van der Waals surface area (Å²) in [5.41, 5.74) is 3.66. The van der Waals surface area contributed by atoms with E-state index in [9.17, 15) is 0 Å². The predicted octanol–water partition coefficient (Wildman–Crippen LogP) is 3.52. The number of nitrogens with one attached hydrogen (secondary N) is 1. The van der Waals surface area contributed by atoms with Crippen LogP contribution in [0.2, 0.25) is 0 Å². The van der Waals surface area contributed by atoms with Gasteiger partial charge in [-0.15, -0.1) is 0 Å². The van der Waals surface area contributed by atoms with Crippen LogP contribution < -0.4 is 5.32 Å². The van der Waals surface area contributed by atoms with Crippen molar-refractivity contribution in [1.29, 1.82) is 0 Å². The third-order valence-corrected chi connectivity index (χ3v) is 4.15. The zero-order chi connectivity index (χ0) is 14.0. The van der Waals surface area contributed by atoms with Gasteiger partial charge < -0.3 is 5.32 Å². The fourth-order valence-corrected chi connectivity index (χ4v) is 2.27. The number of rotatable bonds is 4. The highest BCUT2D eigenvalue weighted by Crippen LogP contribution is 2.22. The lowest BCUT2D eigenvalue weighted by atomic mass is 9.94. The first-order chi connectivity index (χ1) is 8.90. The number of aromatic nitrogens is 2. The van der Waals surface area contributed by atoms with Crippen molar-refractivity contribution in [2.45, 2.75) is 32.9 Å². The lowest BCUT2D eigenvalue weighted by Crippen LogP contribution is -2.36. The van der Waals surface area contributed by atoms with E-state index in [1.54, 1.807) is 0 Å². The molecule has 0 saturated heterocycles. The third kappa shape index (κ3) is 3.25. The maximum atomic E-state index is 4.27. The Morgan fingerprint density at radius 1 is 1.26 bits per heavy atom. The van der Waals surface area contributed by atoms with E-state index in [0.29, 0.717) is 0 Å². The summed E-state index contributed by atoms with van der Waals surface area (Å²) in [6, 6.07) is 8.45. The summed E-state index contributed by atoms with van der Waals surface area (Å²) in [5, 5.41) is 7.87. The van der Waals surface area contributed by atoms with E-state index in [4.69, 9.17) is 0 Å². The number of hydrogen-bond donors (Lipinski definition) is 1. The molecule has 1 N–H and O–H groups in total. The van der Waals surface area contributed by atoms with Gasteiger partial charge in [0, 0.05) is 34.9 Å². The van der Waals surface area contributed by atoms with Crippen LogP contribution in [-0.2, 0) is 19.1 Å². The SMILES string of the molecule is Cc1c(CNC(C)(C)c2ccc(Br)cc2)cnn1C. The molecule has 0 unspecified atom stereocenters. The van der Waals surface area contributed by atoms with Crippen LogP contribution in [0.15, 0.2) is 34.9 Å². The molecule has 19 heavy (non-hydrogen) atoms. The van der Waals surface area contributed by atoms with Crippen molar-refractivity contribution in [3.05, 3.63) is 51.8 Å². The quantitative estimate of drug-likeness (QED) is 0.933. The minimum absolute atomic E-state index is 0.0665. The second-order valence-corrected chi connectivity index (χ2v) is 6.28. The van der Waals surface area contributed by atoms with Gasteiger partial charge in [-0.1, -0.05) is 28.1 Å². The van der Waals surface area contributed by atoms with Gasteiger partial charge in [0.1, 0.15) is 0 Å². The normalized spacial score (nSPS) is 11.8. The van der Waals surface area contributed by atoms with Crippen LogP contribution in [-0.4, -0.2) is 9.78 Å². The highest BCUT2D eigenvalue weighted by atomic mass is 79.9. The lowest BCUT2D eigenvalue weighted by Gasteiger charge is -2.27. The molecule has 0 amide bonds. The summed E-state index contributed by atoms with van der Waals surface area (Å²) >= 11 is 3.47. The second kappa shape index (κ2) is 5.47. The molecule has 0 aliphatic heterocycles. The van der Waals surface area contributed by atoms with Gasteiger partial charge in [-0.05, 0) is 38.5 Å². The first-order valence-corrected chi connectivity index (χ1v) is 7.18. The second-order valence-electron chi connectivity index (χ2n) is 5.36. The number of halogens is 1. The molecule has 0 saturated carbocycles. The van der Waals surface area contributed by atoms with Crippen molar-refractivity contribution in [2.24, 2.45) is 7.05 Å². The van der Waals surface area contributed by atoms with Gasteiger partial charge in [-0.25, -0.2) is 0 Å². The van der Waals surface area contributed by atoms with Crippen LogP contribution in [0.1, 0.15) is 30.7 Å². The van der Waals surface area contributed by atoms with Gasteiger partial charge in [0.05, 0.1) is 6.20 Å². The Kier molecular flexibility index (Phi) is 4.11. The summed E-state index contributed by atoms with van der Waals surface area (Å²) in [5.74, 6) is 0. The predicted molar refractivity (Wildman–Crippen MR) is 82.0 cm³/mol. The van der Waals surface area contributed by atoms with Crippen molar-refractivity contribution in [3.63, 3.8) is 0 Å². The van der Waals surface area contributed by atoms with Gasteiger partial charge in [0.25, 0.3) is 0 Å². The Labute approximate surface area is 123 Å². The smallest absolute Gasteiger partial charge is 0.0537 e. The Balaban J connectivity index is 2.09. The van der Waals surface area contributed by atoms with Crippen molar-refractivity contribution in [2.75, 3.05) is 0 Å². The number of nitrogens with zero attached hydrogens (tertiary/aromatic N) is 2. The van der Waals surface area contributed by atoms with E-state index in [0.717, 1.165) is 11.0 Å². The monoisotopic (exact) mass is 321 g/mol. The molecule has 0 bridgehead atoms. The molecule has 1 aromatic carbocycles. The van der Waals surface area contributed by atoms with Crippen molar-refractivity contribution in [1.82, 2.24) is 15.1 Å². The maximum absolute atomic E-state index is 4.27. The number of benzene rings is 1. The summed E-state index contributed by atoms with van der Waals surface area (Å²) < 4.78 is 3.01. The largest absolute Gasteiger partial charge is 0.304 e. The number of aryl methyl sites for hydroxylation is 1. The summed E-state index contributed by atoms with van der Waals surface area (Å²) in [7, 11) is 1.97. The molecule has 3 nitrogen and oxygen atoms in total. The fraction of sp³-hybridized carbons (Fsp3) is 0.400. The van der Waals surface area contributed by atoms with Crippen LogP contribution in [0.4, 0.5) is 0 Å². The Bertz CT molecular complexity index is 555. The van der Waals surface area contributed by atoms with E-state index in [1.165, 1.54) is 16.8 Å². The lowest BCUT2D eigenvalue weighted by molar-refractivity contribution is 0.400. The summed E-state index contributed by atoms with van der Waals surface area (Å²) in [6.07, 6.45) is 1.93. The van der Waals surface area contributed by atoms with Gasteiger partial charge in [-0.3, -0.25) is 4.68 Å². The van der Waals surface area contributed by atoms with Gasteiger partial charge in [0.15, 0.2) is 0 Å². The maximum Gasteiger partial charge on any atom is 0.0537 e. The summed E-state index contributed by atoms with van der Waals surface area (Å²) in [4.78, 5) is 0. The van der Waals surface area contributed by atoms with Gasteiger partial charge >= 0.3 is 0 Å². The number of hydrogen-bond acceptors (Lipinski definition) is 2. The van der Waals surface area contributed by atoms with Crippen LogP contribution in [0.25, 0.3) is 0 Å². The molecule has 1 heterocycles. The van der Waals surface area contributed by atoms with E-state index in [2.05, 4.69) is 71.4 Å². The van der Waals surface area contributed by atoms with Gasteiger partial charge in [-0.2, -0.15) is 5.10 Å². The Morgan fingerprint density at radius 3 is 2.42 bits per heavy atom. The Hall–Kier alpha value is -1.13. The average Bonchev–Trinajstić information content (AvgIpc) is 2.68. The zero-order valence-corrected chi connectivity index (χ0v) is 13.5. The average molecular weight is 322 g/mol. The molecular formula is C15H20BrN3. The van der Waals surface area contributed by atoms with Crippen molar-refractivity contribution >= 4 is 15.9 Å². The fourth-order valence-electron chi connectivity index (χ4n) is 2.00. The molecule has 0 aliphatic carbocycles. The van der Waals surface area contributed by atoms with Crippen LogP contribution in [0.5, 0.6) is 0 Å². The molecule has 0 aliphatic rings. The molecule has 4 heteroatoms. The minimum Gasteiger partial charge on any atom is -0.304 e. The molecule has 0 fully saturated rings. The van der Waals surface area contributed by atoms with E-state index in [1.807, 2.05) is 17.9 Å². The molecule has 0 spiro atoms. The van der Waals surface area contributed by atoms with E-state index in [-0.39, 0.29) is 5.54 Å². The molecule has 0 radical (unpaired) electrons. The highest BCUT2D eigenvalue weighted by Gasteiger charge is 2.20. The minimum atomic E-state index is -0.0665. The molecular weight excluding hydrogens is 302 g/mol. The van der Waals surface area contributed by atoms with Crippen molar-refractivity contribution < 1.29 is 0 Å². The third-order valence-electron chi connectivity index (χ3n) is 3.62. The molecule has 1 aromatic heterocycles. The molecule has 2 rings (SSSR count). The Morgan fingerprint density at radius 2 is 1.89 bits per heavy atom. The summed E-state index contributed by atoms with van der Waals surface area (Å²) in [6.45, 7) is 7.31. The molecule has 2 aromatic rings. The van der Waals surface area contributed by atoms with E-state index >= 15 is 0 Å². The first kappa shape index (κ1) is 14.3. The molecule has 0 atom stereocenters. The van der Waals surface area contributed by atoms with Crippen molar-refractivity contribution in [3.8, 4) is 0 Å². The van der Waals surface area contributed by atoms with Crippen LogP contribution in [0, 0.1) is 6.92 Å². The topological polar surface area (TPSA) is 29.9 Å². The van der Waals surface area contributed by atoms with Crippen LogP contribution in [0.3, 0.4) is 0 Å². The standard InChI is InChI=1S/C15H20BrN3/c1-11-12(10-18-19(11)4)9-17-15(2,3)13-5-7-14(16)8-6-13/h5-8,10,17H,9H2,1-4H3. The highest BCUT2D eigenvalue weighted by molar-refractivity contribution is 9.10.